The average Bonchev–Trinajstić information content (AvgIpc) is 2.80. The van der Waals surface area contributed by atoms with Crippen LogP contribution < -0.4 is 5.32 Å². The van der Waals surface area contributed by atoms with Gasteiger partial charge in [-0.05, 0) is 95.1 Å². The highest BCUT2D eigenvalue weighted by molar-refractivity contribution is 8.06. The summed E-state index contributed by atoms with van der Waals surface area (Å²) in [6.45, 7) is 16.5. The molecule has 1 amide bonds. The molecule has 2 rings (SSSR count). The first-order valence-corrected chi connectivity index (χ1v) is 13.9. The van der Waals surface area contributed by atoms with Gasteiger partial charge in [-0.1, -0.05) is 75.2 Å². The quantitative estimate of drug-likeness (QED) is 0.356. The number of aryl methyl sites for hydroxylation is 1. The van der Waals surface area contributed by atoms with E-state index in [1.54, 1.807) is 18.7 Å². The number of allylic oxidation sites excluding steroid dienone is 3. The summed E-state index contributed by atoms with van der Waals surface area (Å²) in [6.07, 6.45) is 11.2. The number of hydrogen-bond acceptors (Lipinski definition) is 3. The fourth-order valence-corrected chi connectivity index (χ4v) is 5.35. The van der Waals surface area contributed by atoms with E-state index in [-0.39, 0.29) is 17.6 Å². The van der Waals surface area contributed by atoms with Gasteiger partial charge >= 0.3 is 0 Å². The van der Waals surface area contributed by atoms with E-state index in [0.717, 1.165) is 42.2 Å². The molecule has 1 aliphatic rings. The van der Waals surface area contributed by atoms with Gasteiger partial charge in [0.15, 0.2) is 5.78 Å². The number of Topliss-reactive ketones (excluding diaryl/α,β-unsaturated/α-hetero) is 1. The zero-order valence-electron chi connectivity index (χ0n) is 22.8. The zero-order valence-corrected chi connectivity index (χ0v) is 23.7. The normalized spacial score (nSPS) is 17.9. The van der Waals surface area contributed by atoms with Crippen LogP contribution in [0.1, 0.15) is 115 Å². The van der Waals surface area contributed by atoms with E-state index in [9.17, 15) is 9.59 Å². The van der Waals surface area contributed by atoms with Gasteiger partial charge in [-0.25, -0.2) is 0 Å². The number of carbonyl (C=O) groups is 2. The van der Waals surface area contributed by atoms with E-state index in [0.29, 0.717) is 0 Å². The van der Waals surface area contributed by atoms with Gasteiger partial charge in [0.1, 0.15) is 0 Å². The zero-order chi connectivity index (χ0) is 25.7. The second-order valence-electron chi connectivity index (χ2n) is 9.64. The largest absolute Gasteiger partial charge is 0.320 e. The van der Waals surface area contributed by atoms with Crippen molar-refractivity contribution in [1.82, 2.24) is 5.32 Å². The van der Waals surface area contributed by atoms with Crippen LogP contribution in [0.3, 0.4) is 0 Å². The third-order valence-electron chi connectivity index (χ3n) is 6.66. The minimum absolute atomic E-state index is 0.163. The van der Waals surface area contributed by atoms with Crippen LogP contribution in [0.25, 0.3) is 0 Å². The van der Waals surface area contributed by atoms with Gasteiger partial charge in [0.05, 0.1) is 5.03 Å². The van der Waals surface area contributed by atoms with E-state index >= 15 is 0 Å². The molecule has 0 unspecified atom stereocenters. The molecular weight excluding hydrogens is 438 g/mol. The van der Waals surface area contributed by atoms with Gasteiger partial charge < -0.3 is 5.32 Å². The van der Waals surface area contributed by atoms with Crippen LogP contribution in [0.5, 0.6) is 0 Å². The molecule has 3 nitrogen and oxygen atoms in total. The summed E-state index contributed by atoms with van der Waals surface area (Å²) in [5.74, 6) is 1.45. The predicted octanol–water partition coefficient (Wildman–Crippen LogP) is 8.77. The Balaban J connectivity index is 0.000000404. The molecule has 0 heterocycles. The van der Waals surface area contributed by atoms with E-state index in [1.807, 2.05) is 25.1 Å². The number of carbonyl (C=O) groups excluding carboxylic acids is 2. The number of rotatable bonds is 9. The molecule has 34 heavy (non-hydrogen) atoms. The summed E-state index contributed by atoms with van der Waals surface area (Å²) in [4.78, 5) is 25.0. The Bertz CT molecular complexity index is 857. The van der Waals surface area contributed by atoms with Crippen molar-refractivity contribution in [2.45, 2.75) is 107 Å². The van der Waals surface area contributed by atoms with Crippen LogP contribution >= 0.6 is 11.8 Å². The lowest BCUT2D eigenvalue weighted by molar-refractivity contribution is -0.125. The molecule has 0 aliphatic heterocycles. The minimum Gasteiger partial charge on any atom is -0.320 e. The number of amides is 1. The molecule has 4 heteroatoms. The third kappa shape index (κ3) is 10.2. The molecule has 0 atom stereocenters. The Hall–Kier alpha value is -1.81. The molecule has 0 radical (unpaired) electrons. The maximum atomic E-state index is 12.5. The smallest absolute Gasteiger partial charge is 0.227 e. The van der Waals surface area contributed by atoms with Crippen molar-refractivity contribution in [3.05, 3.63) is 56.5 Å². The maximum absolute atomic E-state index is 12.5. The van der Waals surface area contributed by atoms with Crippen LogP contribution in [-0.4, -0.2) is 11.7 Å². The van der Waals surface area contributed by atoms with Gasteiger partial charge in [-0.2, -0.15) is 0 Å². The number of thioether (sulfide) groups is 1. The highest BCUT2D eigenvalue weighted by Crippen LogP contribution is 2.33. The van der Waals surface area contributed by atoms with E-state index in [4.69, 9.17) is 0 Å². The highest BCUT2D eigenvalue weighted by atomic mass is 32.2. The predicted molar refractivity (Wildman–Crippen MR) is 149 cm³/mol. The molecule has 0 spiro atoms. The molecule has 1 N–H and O–H groups in total. The molecule has 190 valence electrons. The van der Waals surface area contributed by atoms with Crippen molar-refractivity contribution in [3.63, 3.8) is 0 Å². The Morgan fingerprint density at radius 2 is 1.68 bits per heavy atom. The first-order chi connectivity index (χ1) is 16.1. The summed E-state index contributed by atoms with van der Waals surface area (Å²) in [5, 5.41) is 4.17. The first kappa shape index (κ1) is 30.2. The molecule has 0 aromatic heterocycles. The topological polar surface area (TPSA) is 46.2 Å². The Labute approximate surface area is 213 Å². The standard InChI is InChI=1S/C19H33NOS.C11H14O/c1-6-8-16-10-12-17(13-11-16)19(21)20-18(9-7-2)22-15(5)14(3)4;1-4-10-8(2)6-5-7-11(10)9(3)12/h9,16-17H,6-8,10-13H2,1-5H3,(H,20,21);5-7H,4H2,1-3H3/b18-9+;. The molecule has 0 saturated heterocycles. The lowest BCUT2D eigenvalue weighted by atomic mass is 9.80. The number of nitrogens with one attached hydrogen (secondary N) is 1. The Morgan fingerprint density at radius 3 is 2.15 bits per heavy atom. The van der Waals surface area contributed by atoms with E-state index in [2.05, 4.69) is 52.9 Å². The molecule has 1 saturated carbocycles. The van der Waals surface area contributed by atoms with Gasteiger partial charge in [-0.15, -0.1) is 0 Å². The van der Waals surface area contributed by atoms with Crippen LogP contribution in [0, 0.1) is 18.8 Å². The maximum Gasteiger partial charge on any atom is 0.227 e. The SMILES string of the molecule is CC/C=C(\NC(=O)C1CCC(CCC)CC1)SC(C)=C(C)C.CCc1c(C)cccc1C(C)=O. The average molecular weight is 486 g/mol. The lowest BCUT2D eigenvalue weighted by Crippen LogP contribution is -2.32. The molecule has 1 aromatic rings. The van der Waals surface area contributed by atoms with Gasteiger partial charge in [-0.3, -0.25) is 9.59 Å². The second-order valence-corrected chi connectivity index (χ2v) is 10.9. The van der Waals surface area contributed by atoms with Crippen LogP contribution in [0.2, 0.25) is 0 Å². The van der Waals surface area contributed by atoms with E-state index < -0.39 is 0 Å². The second kappa shape index (κ2) is 16.0. The Kier molecular flexibility index (Phi) is 14.2. The van der Waals surface area contributed by atoms with Gasteiger partial charge in [0.2, 0.25) is 5.91 Å². The van der Waals surface area contributed by atoms with Crippen molar-refractivity contribution < 1.29 is 9.59 Å². The summed E-state index contributed by atoms with van der Waals surface area (Å²) in [5.41, 5.74) is 4.58. The minimum atomic E-state index is 0.163. The molecule has 0 bridgehead atoms. The van der Waals surface area contributed by atoms with Crippen LogP contribution in [0.4, 0.5) is 0 Å². The van der Waals surface area contributed by atoms with Crippen molar-refractivity contribution in [1.29, 1.82) is 0 Å². The van der Waals surface area contributed by atoms with Gasteiger partial charge in [0.25, 0.3) is 0 Å². The first-order valence-electron chi connectivity index (χ1n) is 13.1. The highest BCUT2D eigenvalue weighted by Gasteiger charge is 2.26. The summed E-state index contributed by atoms with van der Waals surface area (Å²) in [6, 6.07) is 5.88. The van der Waals surface area contributed by atoms with Crippen LogP contribution in [0.15, 0.2) is 39.8 Å². The fraction of sp³-hybridized carbons (Fsp3) is 0.600. The van der Waals surface area contributed by atoms with E-state index in [1.165, 1.54) is 47.3 Å². The van der Waals surface area contributed by atoms with Crippen molar-refractivity contribution in [3.8, 4) is 0 Å². The molecule has 1 fully saturated rings. The summed E-state index contributed by atoms with van der Waals surface area (Å²) >= 11 is 1.69. The number of hydrogen-bond donors (Lipinski definition) is 1. The third-order valence-corrected chi connectivity index (χ3v) is 7.86. The van der Waals surface area contributed by atoms with Crippen molar-refractivity contribution in [2.24, 2.45) is 11.8 Å². The number of ketones is 1. The monoisotopic (exact) mass is 485 g/mol. The summed E-state index contributed by atoms with van der Waals surface area (Å²) < 4.78 is 0. The lowest BCUT2D eigenvalue weighted by Gasteiger charge is -2.27. The van der Waals surface area contributed by atoms with Gasteiger partial charge in [0, 0.05) is 11.5 Å². The summed E-state index contributed by atoms with van der Waals surface area (Å²) in [7, 11) is 0. The molecule has 1 aliphatic carbocycles. The number of benzene rings is 1. The van der Waals surface area contributed by atoms with Crippen molar-refractivity contribution in [2.75, 3.05) is 0 Å². The van der Waals surface area contributed by atoms with Crippen molar-refractivity contribution >= 4 is 23.5 Å². The Morgan fingerprint density at radius 1 is 1.03 bits per heavy atom. The van der Waals surface area contributed by atoms with Crippen LogP contribution in [-0.2, 0) is 11.2 Å². The molecule has 1 aromatic carbocycles. The fourth-order valence-electron chi connectivity index (χ4n) is 4.42. The molecular formula is C30H47NO2S.